The Bertz CT molecular complexity index is 543. The van der Waals surface area contributed by atoms with Crippen LogP contribution in [0.3, 0.4) is 0 Å². The van der Waals surface area contributed by atoms with Crippen molar-refractivity contribution in [3.8, 4) is 11.5 Å². The van der Waals surface area contributed by atoms with Crippen LogP contribution in [0.25, 0.3) is 0 Å². The SMILES string of the molecule is CCC1(CNC(=NC)NCc2cc(OC)ccc2O)CCCC1.I. The van der Waals surface area contributed by atoms with E-state index in [0.717, 1.165) is 23.8 Å². The summed E-state index contributed by atoms with van der Waals surface area (Å²) in [5, 5.41) is 16.7. The molecule has 0 amide bonds. The van der Waals surface area contributed by atoms with Crippen molar-refractivity contribution in [1.29, 1.82) is 0 Å². The lowest BCUT2D eigenvalue weighted by molar-refractivity contribution is 0.283. The van der Waals surface area contributed by atoms with E-state index in [9.17, 15) is 5.11 Å². The van der Waals surface area contributed by atoms with E-state index in [1.54, 1.807) is 26.3 Å². The lowest BCUT2D eigenvalue weighted by atomic mass is 9.83. The van der Waals surface area contributed by atoms with Crippen LogP contribution in [0.5, 0.6) is 11.5 Å². The molecule has 1 saturated carbocycles. The number of phenolic OH excluding ortho intramolecular Hbond substituents is 1. The number of guanidine groups is 1. The van der Waals surface area contributed by atoms with Gasteiger partial charge >= 0.3 is 0 Å². The lowest BCUT2D eigenvalue weighted by Gasteiger charge is -2.28. The predicted octanol–water partition coefficient (Wildman–Crippen LogP) is 3.65. The van der Waals surface area contributed by atoms with Gasteiger partial charge in [-0.15, -0.1) is 24.0 Å². The fourth-order valence-corrected chi connectivity index (χ4v) is 3.28. The largest absolute Gasteiger partial charge is 0.508 e. The molecule has 1 aromatic carbocycles. The number of ether oxygens (including phenoxy) is 1. The molecule has 0 bridgehead atoms. The zero-order valence-electron chi connectivity index (χ0n) is 14.9. The molecule has 1 aliphatic carbocycles. The van der Waals surface area contributed by atoms with Gasteiger partial charge in [0.25, 0.3) is 0 Å². The van der Waals surface area contributed by atoms with Gasteiger partial charge in [0.1, 0.15) is 11.5 Å². The second-order valence-corrected chi connectivity index (χ2v) is 6.33. The summed E-state index contributed by atoms with van der Waals surface area (Å²) in [7, 11) is 3.39. The Morgan fingerprint density at radius 3 is 2.58 bits per heavy atom. The van der Waals surface area contributed by atoms with Gasteiger partial charge in [-0.3, -0.25) is 4.99 Å². The topological polar surface area (TPSA) is 65.9 Å². The number of methoxy groups -OCH3 is 1. The highest BCUT2D eigenvalue weighted by Gasteiger charge is 2.31. The summed E-state index contributed by atoms with van der Waals surface area (Å²) in [5.41, 5.74) is 1.20. The number of benzene rings is 1. The number of rotatable bonds is 6. The molecule has 24 heavy (non-hydrogen) atoms. The highest BCUT2D eigenvalue weighted by Crippen LogP contribution is 2.40. The standard InChI is InChI=1S/C18H29N3O2.HI/c1-4-18(9-5-6-10-18)13-21-17(19-2)20-12-14-11-15(23-3)7-8-16(14)22;/h7-8,11,22H,4-6,9-10,12-13H2,1-3H3,(H2,19,20,21);1H. The Morgan fingerprint density at radius 2 is 2.00 bits per heavy atom. The predicted molar refractivity (Wildman–Crippen MR) is 109 cm³/mol. The third kappa shape index (κ3) is 5.43. The quantitative estimate of drug-likeness (QED) is 0.354. The van der Waals surface area contributed by atoms with Gasteiger partial charge in [-0.05, 0) is 42.9 Å². The van der Waals surface area contributed by atoms with E-state index in [1.165, 1.54) is 32.1 Å². The van der Waals surface area contributed by atoms with Gasteiger partial charge in [-0.2, -0.15) is 0 Å². The van der Waals surface area contributed by atoms with E-state index in [2.05, 4.69) is 22.5 Å². The number of hydrogen-bond donors (Lipinski definition) is 3. The van der Waals surface area contributed by atoms with Gasteiger partial charge in [-0.1, -0.05) is 19.8 Å². The van der Waals surface area contributed by atoms with Crippen LogP contribution < -0.4 is 15.4 Å². The second-order valence-electron chi connectivity index (χ2n) is 6.33. The van der Waals surface area contributed by atoms with Crippen LogP contribution in [0.15, 0.2) is 23.2 Å². The number of halogens is 1. The normalized spacial score (nSPS) is 16.4. The van der Waals surface area contributed by atoms with Crippen molar-refractivity contribution >= 4 is 29.9 Å². The maximum Gasteiger partial charge on any atom is 0.191 e. The molecule has 1 aliphatic rings. The Kier molecular flexibility index (Phi) is 8.66. The molecule has 1 fully saturated rings. The summed E-state index contributed by atoms with van der Waals surface area (Å²) >= 11 is 0. The van der Waals surface area contributed by atoms with E-state index >= 15 is 0 Å². The molecule has 5 nitrogen and oxygen atoms in total. The third-order valence-electron chi connectivity index (χ3n) is 5.00. The zero-order valence-corrected chi connectivity index (χ0v) is 17.2. The van der Waals surface area contributed by atoms with Crippen molar-refractivity contribution in [2.24, 2.45) is 10.4 Å². The highest BCUT2D eigenvalue weighted by atomic mass is 127. The van der Waals surface area contributed by atoms with Gasteiger partial charge < -0.3 is 20.5 Å². The maximum absolute atomic E-state index is 9.94. The fourth-order valence-electron chi connectivity index (χ4n) is 3.28. The maximum atomic E-state index is 9.94. The monoisotopic (exact) mass is 447 g/mol. The van der Waals surface area contributed by atoms with Crippen LogP contribution in [0.4, 0.5) is 0 Å². The Balaban J connectivity index is 0.00000288. The number of nitrogens with one attached hydrogen (secondary N) is 2. The van der Waals surface area contributed by atoms with Gasteiger partial charge in [0.15, 0.2) is 5.96 Å². The van der Waals surface area contributed by atoms with E-state index in [-0.39, 0.29) is 29.7 Å². The van der Waals surface area contributed by atoms with Crippen molar-refractivity contribution in [1.82, 2.24) is 10.6 Å². The number of nitrogens with zero attached hydrogens (tertiary/aromatic N) is 1. The summed E-state index contributed by atoms with van der Waals surface area (Å²) in [5.74, 6) is 1.76. The minimum atomic E-state index is 0. The Labute approximate surface area is 162 Å². The molecule has 6 heteroatoms. The molecule has 136 valence electrons. The van der Waals surface area contributed by atoms with Crippen molar-refractivity contribution in [2.75, 3.05) is 20.7 Å². The van der Waals surface area contributed by atoms with Crippen molar-refractivity contribution in [3.05, 3.63) is 23.8 Å². The third-order valence-corrected chi connectivity index (χ3v) is 5.00. The van der Waals surface area contributed by atoms with Crippen LogP contribution in [-0.2, 0) is 6.54 Å². The molecule has 0 unspecified atom stereocenters. The highest BCUT2D eigenvalue weighted by molar-refractivity contribution is 14.0. The minimum absolute atomic E-state index is 0. The van der Waals surface area contributed by atoms with E-state index < -0.39 is 0 Å². The van der Waals surface area contributed by atoms with E-state index in [1.807, 2.05) is 6.07 Å². The molecular formula is C18H30IN3O2. The molecule has 0 atom stereocenters. The molecular weight excluding hydrogens is 417 g/mol. The summed E-state index contributed by atoms with van der Waals surface area (Å²) in [6, 6.07) is 5.23. The Hall–Kier alpha value is -1.18. The zero-order chi connectivity index (χ0) is 16.7. The van der Waals surface area contributed by atoms with Crippen LogP contribution in [0.2, 0.25) is 0 Å². The number of aromatic hydroxyl groups is 1. The fraction of sp³-hybridized carbons (Fsp3) is 0.611. The summed E-state index contributed by atoms with van der Waals surface area (Å²) in [4.78, 5) is 4.28. The van der Waals surface area contributed by atoms with Crippen LogP contribution >= 0.6 is 24.0 Å². The van der Waals surface area contributed by atoms with Gasteiger partial charge in [0, 0.05) is 25.7 Å². The molecule has 0 aliphatic heterocycles. The number of hydrogen-bond acceptors (Lipinski definition) is 3. The Morgan fingerprint density at radius 1 is 1.29 bits per heavy atom. The molecule has 0 saturated heterocycles. The van der Waals surface area contributed by atoms with Crippen LogP contribution in [0.1, 0.15) is 44.6 Å². The van der Waals surface area contributed by atoms with Crippen molar-refractivity contribution in [2.45, 2.75) is 45.6 Å². The molecule has 0 aromatic heterocycles. The molecule has 3 N–H and O–H groups in total. The summed E-state index contributed by atoms with van der Waals surface area (Å²) in [6.45, 7) is 3.73. The molecule has 0 heterocycles. The molecule has 1 aromatic rings. The van der Waals surface area contributed by atoms with Gasteiger partial charge in [-0.25, -0.2) is 0 Å². The first-order valence-electron chi connectivity index (χ1n) is 8.43. The first-order chi connectivity index (χ1) is 11.1. The molecule has 2 rings (SSSR count). The summed E-state index contributed by atoms with van der Waals surface area (Å²) < 4.78 is 5.20. The average molecular weight is 447 g/mol. The lowest BCUT2D eigenvalue weighted by Crippen LogP contribution is -2.42. The smallest absolute Gasteiger partial charge is 0.191 e. The molecule has 0 spiro atoms. The van der Waals surface area contributed by atoms with E-state index in [0.29, 0.717) is 12.0 Å². The van der Waals surface area contributed by atoms with E-state index in [4.69, 9.17) is 4.74 Å². The number of aliphatic imine (C=N–C) groups is 1. The van der Waals surface area contributed by atoms with Crippen molar-refractivity contribution < 1.29 is 9.84 Å². The first-order valence-corrected chi connectivity index (χ1v) is 8.43. The number of phenols is 1. The summed E-state index contributed by atoms with van der Waals surface area (Å²) in [6.07, 6.45) is 6.46. The van der Waals surface area contributed by atoms with Gasteiger partial charge in [0.2, 0.25) is 0 Å². The van der Waals surface area contributed by atoms with Crippen molar-refractivity contribution in [3.63, 3.8) is 0 Å². The van der Waals surface area contributed by atoms with Crippen LogP contribution in [-0.4, -0.2) is 31.8 Å². The van der Waals surface area contributed by atoms with Crippen LogP contribution in [0, 0.1) is 5.41 Å². The average Bonchev–Trinajstić information content (AvgIpc) is 3.06. The molecule has 0 radical (unpaired) electrons. The first kappa shape index (κ1) is 20.9. The second kappa shape index (κ2) is 9.96. The van der Waals surface area contributed by atoms with Gasteiger partial charge in [0.05, 0.1) is 7.11 Å². The minimum Gasteiger partial charge on any atom is -0.508 e.